The quantitative estimate of drug-likeness (QED) is 0.835. The molecule has 18 heavy (non-hydrogen) atoms. The molecule has 1 aromatic rings. The van der Waals surface area contributed by atoms with E-state index in [9.17, 15) is 4.79 Å². The molecule has 1 fully saturated rings. The number of carbonyl (C=O) groups excluding carboxylic acids is 1. The van der Waals surface area contributed by atoms with Gasteiger partial charge in [-0.05, 0) is 37.2 Å². The van der Waals surface area contributed by atoms with Gasteiger partial charge < -0.3 is 11.1 Å². The lowest BCUT2D eigenvalue weighted by atomic mass is 9.92. The molecule has 3 nitrogen and oxygen atoms in total. The number of rotatable bonds is 5. The third-order valence-electron chi connectivity index (χ3n) is 3.86. The van der Waals surface area contributed by atoms with Gasteiger partial charge in [-0.2, -0.15) is 0 Å². The zero-order valence-electron chi connectivity index (χ0n) is 11.1. The van der Waals surface area contributed by atoms with Crippen molar-refractivity contribution < 1.29 is 4.79 Å². The van der Waals surface area contributed by atoms with Crippen LogP contribution in [-0.4, -0.2) is 12.5 Å². The predicted octanol–water partition coefficient (Wildman–Crippen LogP) is 2.02. The second-order valence-corrected chi connectivity index (χ2v) is 5.59. The molecule has 0 radical (unpaired) electrons. The normalized spacial score (nSPS) is 19.9. The molecule has 0 bridgehead atoms. The second-order valence-electron chi connectivity index (χ2n) is 5.59. The van der Waals surface area contributed by atoms with Crippen molar-refractivity contribution in [2.24, 2.45) is 17.6 Å². The minimum Gasteiger partial charge on any atom is -0.354 e. The molecule has 2 unspecified atom stereocenters. The van der Waals surface area contributed by atoms with Crippen LogP contribution in [0.25, 0.3) is 0 Å². The fraction of sp³-hybridized carbons (Fsp3) is 0.533. The minimum absolute atomic E-state index is 0.0961. The molecular formula is C15H22N2O. The average molecular weight is 246 g/mol. The number of amides is 1. The van der Waals surface area contributed by atoms with E-state index in [1.54, 1.807) is 6.92 Å². The summed E-state index contributed by atoms with van der Waals surface area (Å²) in [7, 11) is 0. The molecule has 1 aliphatic carbocycles. The molecule has 2 atom stereocenters. The number of nitrogens with one attached hydrogen (secondary N) is 1. The maximum atomic E-state index is 12.2. The van der Waals surface area contributed by atoms with Crippen LogP contribution in [0, 0.1) is 11.8 Å². The first-order valence-electron chi connectivity index (χ1n) is 6.64. The van der Waals surface area contributed by atoms with Crippen LogP contribution in [0.15, 0.2) is 30.3 Å². The van der Waals surface area contributed by atoms with E-state index in [1.807, 2.05) is 30.3 Å². The number of carbonyl (C=O) groups is 1. The Morgan fingerprint density at radius 1 is 1.44 bits per heavy atom. The van der Waals surface area contributed by atoms with E-state index in [-0.39, 0.29) is 5.91 Å². The van der Waals surface area contributed by atoms with Crippen LogP contribution in [0.5, 0.6) is 0 Å². The molecule has 0 aliphatic heterocycles. The number of benzene rings is 1. The van der Waals surface area contributed by atoms with E-state index >= 15 is 0 Å². The Balaban J connectivity index is 1.94. The molecule has 98 valence electrons. The van der Waals surface area contributed by atoms with Gasteiger partial charge in [-0.15, -0.1) is 0 Å². The summed E-state index contributed by atoms with van der Waals surface area (Å²) in [6.45, 7) is 4.68. The monoisotopic (exact) mass is 246 g/mol. The maximum Gasteiger partial charge on any atom is 0.244 e. The summed E-state index contributed by atoms with van der Waals surface area (Å²) in [6, 6.07) is 9.52. The molecule has 3 N–H and O–H groups in total. The van der Waals surface area contributed by atoms with Crippen LogP contribution in [0.3, 0.4) is 0 Å². The van der Waals surface area contributed by atoms with Gasteiger partial charge in [0.1, 0.15) is 5.54 Å². The molecule has 3 heteroatoms. The first-order valence-corrected chi connectivity index (χ1v) is 6.64. The van der Waals surface area contributed by atoms with Crippen LogP contribution in [-0.2, 0) is 10.3 Å². The van der Waals surface area contributed by atoms with Crippen LogP contribution in [0.4, 0.5) is 0 Å². The number of nitrogens with two attached hydrogens (primary N) is 1. The Morgan fingerprint density at radius 2 is 2.06 bits per heavy atom. The first-order chi connectivity index (χ1) is 8.51. The summed E-state index contributed by atoms with van der Waals surface area (Å²) in [6.07, 6.45) is 2.60. The van der Waals surface area contributed by atoms with E-state index in [0.29, 0.717) is 5.92 Å². The fourth-order valence-corrected chi connectivity index (χ4v) is 2.18. The zero-order valence-corrected chi connectivity index (χ0v) is 11.1. The molecule has 0 heterocycles. The summed E-state index contributed by atoms with van der Waals surface area (Å²) in [4.78, 5) is 12.2. The SMILES string of the molecule is CC(CNC(=O)C(C)(N)c1ccccc1)C1CC1. The molecule has 1 saturated carbocycles. The van der Waals surface area contributed by atoms with Gasteiger partial charge in [-0.25, -0.2) is 0 Å². The largest absolute Gasteiger partial charge is 0.354 e. The van der Waals surface area contributed by atoms with Gasteiger partial charge >= 0.3 is 0 Å². The molecule has 1 amide bonds. The van der Waals surface area contributed by atoms with Gasteiger partial charge in [0.25, 0.3) is 0 Å². The molecule has 0 spiro atoms. The first kappa shape index (κ1) is 13.1. The summed E-state index contributed by atoms with van der Waals surface area (Å²) < 4.78 is 0. The fourth-order valence-electron chi connectivity index (χ4n) is 2.18. The Morgan fingerprint density at radius 3 is 2.61 bits per heavy atom. The van der Waals surface area contributed by atoms with Gasteiger partial charge in [0, 0.05) is 6.54 Å². The van der Waals surface area contributed by atoms with Crippen molar-refractivity contribution in [3.8, 4) is 0 Å². The highest BCUT2D eigenvalue weighted by molar-refractivity contribution is 5.86. The van der Waals surface area contributed by atoms with Crippen LogP contribution >= 0.6 is 0 Å². The summed E-state index contributed by atoms with van der Waals surface area (Å²) in [5, 5.41) is 2.98. The van der Waals surface area contributed by atoms with Crippen LogP contribution in [0.1, 0.15) is 32.3 Å². The highest BCUT2D eigenvalue weighted by Crippen LogP contribution is 2.36. The summed E-state index contributed by atoms with van der Waals surface area (Å²) in [5.41, 5.74) is 6.04. The van der Waals surface area contributed by atoms with Crippen LogP contribution in [0.2, 0.25) is 0 Å². The van der Waals surface area contributed by atoms with Crippen molar-refractivity contribution in [1.82, 2.24) is 5.32 Å². The standard InChI is InChI=1S/C15H22N2O/c1-11(12-8-9-12)10-17-14(18)15(2,16)13-6-4-3-5-7-13/h3-7,11-12H,8-10,16H2,1-2H3,(H,17,18). The van der Waals surface area contributed by atoms with Gasteiger partial charge in [-0.3, -0.25) is 4.79 Å². The Bertz CT molecular complexity index is 410. The van der Waals surface area contributed by atoms with Gasteiger partial charge in [-0.1, -0.05) is 37.3 Å². The van der Waals surface area contributed by atoms with Crippen LogP contribution < -0.4 is 11.1 Å². The van der Waals surface area contributed by atoms with E-state index in [1.165, 1.54) is 12.8 Å². The topological polar surface area (TPSA) is 55.1 Å². The number of hydrogen-bond acceptors (Lipinski definition) is 2. The minimum atomic E-state index is -0.954. The number of hydrogen-bond donors (Lipinski definition) is 2. The molecule has 1 aliphatic rings. The molecule has 0 saturated heterocycles. The lowest BCUT2D eigenvalue weighted by molar-refractivity contribution is -0.126. The Kier molecular flexibility index (Phi) is 3.71. The van der Waals surface area contributed by atoms with Crippen molar-refractivity contribution in [3.05, 3.63) is 35.9 Å². The highest BCUT2D eigenvalue weighted by Gasteiger charge is 2.32. The predicted molar refractivity (Wildman–Crippen MR) is 72.9 cm³/mol. The third-order valence-corrected chi connectivity index (χ3v) is 3.86. The van der Waals surface area contributed by atoms with Gasteiger partial charge in [0.15, 0.2) is 0 Å². The molecule has 2 rings (SSSR count). The van der Waals surface area contributed by atoms with Crippen molar-refractivity contribution >= 4 is 5.91 Å². The molecule has 0 aromatic heterocycles. The average Bonchev–Trinajstić information content (AvgIpc) is 3.20. The lowest BCUT2D eigenvalue weighted by Crippen LogP contribution is -2.50. The smallest absolute Gasteiger partial charge is 0.244 e. The maximum absolute atomic E-state index is 12.2. The zero-order chi connectivity index (χ0) is 13.2. The molecular weight excluding hydrogens is 224 g/mol. The summed E-state index contributed by atoms with van der Waals surface area (Å²) >= 11 is 0. The van der Waals surface area contributed by atoms with Gasteiger partial charge in [0.05, 0.1) is 0 Å². The van der Waals surface area contributed by atoms with E-state index in [0.717, 1.165) is 18.0 Å². The van der Waals surface area contributed by atoms with Crippen molar-refractivity contribution in [1.29, 1.82) is 0 Å². The highest BCUT2D eigenvalue weighted by atomic mass is 16.2. The summed E-state index contributed by atoms with van der Waals surface area (Å²) in [5.74, 6) is 1.26. The van der Waals surface area contributed by atoms with Crippen molar-refractivity contribution in [3.63, 3.8) is 0 Å². The van der Waals surface area contributed by atoms with Crippen molar-refractivity contribution in [2.45, 2.75) is 32.2 Å². The lowest BCUT2D eigenvalue weighted by Gasteiger charge is -2.25. The van der Waals surface area contributed by atoms with Crippen molar-refractivity contribution in [2.75, 3.05) is 6.54 Å². The van der Waals surface area contributed by atoms with E-state index in [4.69, 9.17) is 5.73 Å². The Hall–Kier alpha value is -1.35. The molecule has 1 aromatic carbocycles. The Labute approximate surface area is 109 Å². The van der Waals surface area contributed by atoms with E-state index in [2.05, 4.69) is 12.2 Å². The second kappa shape index (κ2) is 5.11. The van der Waals surface area contributed by atoms with Gasteiger partial charge in [0.2, 0.25) is 5.91 Å². The van der Waals surface area contributed by atoms with E-state index < -0.39 is 5.54 Å². The third kappa shape index (κ3) is 2.91.